The number of esters is 2. The largest absolute Gasteiger partial charge is 0.467 e. The molecule has 0 radical (unpaired) electrons. The van der Waals surface area contributed by atoms with Crippen LogP contribution in [0.25, 0.3) is 0 Å². The van der Waals surface area contributed by atoms with Crippen molar-refractivity contribution in [3.63, 3.8) is 0 Å². The van der Waals surface area contributed by atoms with E-state index >= 15 is 0 Å². The molecule has 148 valence electrons. The van der Waals surface area contributed by atoms with Crippen LogP contribution in [0.5, 0.6) is 0 Å². The Morgan fingerprint density at radius 2 is 1.89 bits per heavy atom. The number of carbonyl (C=O) groups is 4. The van der Waals surface area contributed by atoms with Crippen LogP contribution < -0.4 is 10.6 Å². The fourth-order valence-corrected chi connectivity index (χ4v) is 2.15. The van der Waals surface area contributed by atoms with Crippen molar-refractivity contribution >= 4 is 23.8 Å². The number of methoxy groups -OCH3 is 1. The summed E-state index contributed by atoms with van der Waals surface area (Å²) in [6.07, 6.45) is 0.371. The third kappa shape index (κ3) is 8.30. The zero-order chi connectivity index (χ0) is 20.4. The molecule has 0 heterocycles. The highest BCUT2D eigenvalue weighted by Crippen LogP contribution is 2.06. The van der Waals surface area contributed by atoms with Crippen LogP contribution in [0.2, 0.25) is 0 Å². The van der Waals surface area contributed by atoms with Crippen molar-refractivity contribution in [2.24, 2.45) is 5.92 Å². The van der Waals surface area contributed by atoms with Crippen molar-refractivity contribution in [2.75, 3.05) is 20.3 Å². The number of hydrogen-bond donors (Lipinski definition) is 2. The average Bonchev–Trinajstić information content (AvgIpc) is 2.62. The predicted molar refractivity (Wildman–Crippen MR) is 93.1 cm³/mol. The number of halogens is 1. The number of carbonyl (C=O) groups excluding carboxylic acids is 4. The fourth-order valence-electron chi connectivity index (χ4n) is 2.15. The molecule has 0 fully saturated rings. The second-order valence-corrected chi connectivity index (χ2v) is 6.13. The highest BCUT2D eigenvalue weighted by atomic mass is 19.1. The molecule has 27 heavy (non-hydrogen) atoms. The maximum atomic E-state index is 13.1. The highest BCUT2D eigenvalue weighted by molar-refractivity contribution is 5.96. The van der Waals surface area contributed by atoms with Crippen LogP contribution in [-0.4, -0.2) is 50.1 Å². The summed E-state index contributed by atoms with van der Waals surface area (Å²) < 4.78 is 22.4. The number of nitrogens with one attached hydrogen (secondary N) is 2. The Morgan fingerprint density at radius 1 is 1.19 bits per heavy atom. The van der Waals surface area contributed by atoms with E-state index in [-0.39, 0.29) is 11.5 Å². The lowest BCUT2D eigenvalue weighted by Crippen LogP contribution is -2.44. The number of ether oxygens (including phenoxy) is 2. The van der Waals surface area contributed by atoms with E-state index in [9.17, 15) is 23.6 Å². The van der Waals surface area contributed by atoms with Crippen LogP contribution in [0.1, 0.15) is 30.6 Å². The molecule has 1 aromatic rings. The molecular formula is C18H23FN2O6. The first kappa shape index (κ1) is 22.1. The molecule has 0 saturated heterocycles. The normalized spacial score (nSPS) is 11.4. The molecule has 1 atom stereocenters. The molecule has 0 aliphatic rings. The Balaban J connectivity index is 2.41. The molecule has 0 aromatic heterocycles. The molecule has 0 aliphatic carbocycles. The molecule has 1 rings (SSSR count). The third-order valence-corrected chi connectivity index (χ3v) is 3.37. The number of rotatable bonds is 9. The minimum Gasteiger partial charge on any atom is -0.467 e. The molecule has 1 aromatic carbocycles. The lowest BCUT2D eigenvalue weighted by atomic mass is 10.0. The van der Waals surface area contributed by atoms with Gasteiger partial charge in [0.25, 0.3) is 11.8 Å². The van der Waals surface area contributed by atoms with Gasteiger partial charge in [-0.3, -0.25) is 14.4 Å². The Hall–Kier alpha value is -2.97. The minimum absolute atomic E-state index is 0.0511. The third-order valence-electron chi connectivity index (χ3n) is 3.37. The second kappa shape index (κ2) is 10.9. The van der Waals surface area contributed by atoms with E-state index in [1.807, 2.05) is 13.8 Å². The van der Waals surface area contributed by atoms with E-state index in [2.05, 4.69) is 15.4 Å². The molecule has 9 heteroatoms. The fraction of sp³-hybridized carbons (Fsp3) is 0.444. The van der Waals surface area contributed by atoms with E-state index in [0.29, 0.717) is 6.42 Å². The predicted octanol–water partition coefficient (Wildman–Crippen LogP) is 0.803. The summed E-state index contributed by atoms with van der Waals surface area (Å²) in [5.74, 6) is -3.22. The Labute approximate surface area is 156 Å². The van der Waals surface area contributed by atoms with E-state index in [4.69, 9.17) is 4.74 Å². The minimum atomic E-state index is -0.853. The summed E-state index contributed by atoms with van der Waals surface area (Å²) in [6, 6.07) is 4.12. The maximum absolute atomic E-state index is 13.1. The van der Waals surface area contributed by atoms with Gasteiger partial charge in [-0.2, -0.15) is 0 Å². The van der Waals surface area contributed by atoms with Crippen LogP contribution in [0.15, 0.2) is 24.3 Å². The molecule has 2 amide bonds. The summed E-state index contributed by atoms with van der Waals surface area (Å²) >= 11 is 0. The lowest BCUT2D eigenvalue weighted by molar-refractivity contribution is -0.149. The number of benzene rings is 1. The van der Waals surface area contributed by atoms with Gasteiger partial charge in [0, 0.05) is 5.56 Å². The second-order valence-electron chi connectivity index (χ2n) is 6.13. The van der Waals surface area contributed by atoms with E-state index in [0.717, 1.165) is 6.07 Å². The first-order valence-corrected chi connectivity index (χ1v) is 8.29. The molecule has 0 bridgehead atoms. The van der Waals surface area contributed by atoms with Gasteiger partial charge in [-0.15, -0.1) is 0 Å². The van der Waals surface area contributed by atoms with Crippen LogP contribution in [0.4, 0.5) is 4.39 Å². The van der Waals surface area contributed by atoms with Gasteiger partial charge in [0.05, 0.1) is 7.11 Å². The average molecular weight is 382 g/mol. The van der Waals surface area contributed by atoms with Crippen molar-refractivity contribution in [2.45, 2.75) is 26.3 Å². The Bertz CT molecular complexity index is 692. The topological polar surface area (TPSA) is 111 Å². The summed E-state index contributed by atoms with van der Waals surface area (Å²) in [7, 11) is 1.21. The van der Waals surface area contributed by atoms with E-state index in [1.54, 1.807) is 0 Å². The van der Waals surface area contributed by atoms with Gasteiger partial charge in [0.2, 0.25) is 0 Å². The first-order chi connectivity index (χ1) is 12.7. The van der Waals surface area contributed by atoms with Gasteiger partial charge in [-0.25, -0.2) is 9.18 Å². The summed E-state index contributed by atoms with van der Waals surface area (Å²) in [5, 5.41) is 4.69. The molecule has 8 nitrogen and oxygen atoms in total. The van der Waals surface area contributed by atoms with Crippen LogP contribution >= 0.6 is 0 Å². The maximum Gasteiger partial charge on any atom is 0.328 e. The van der Waals surface area contributed by atoms with Gasteiger partial charge < -0.3 is 20.1 Å². The van der Waals surface area contributed by atoms with E-state index in [1.165, 1.54) is 25.3 Å². The first-order valence-electron chi connectivity index (χ1n) is 8.29. The van der Waals surface area contributed by atoms with Gasteiger partial charge in [-0.1, -0.05) is 19.9 Å². The van der Waals surface area contributed by atoms with Gasteiger partial charge in [0.1, 0.15) is 18.4 Å². The van der Waals surface area contributed by atoms with Gasteiger partial charge >= 0.3 is 11.9 Å². The van der Waals surface area contributed by atoms with Gasteiger partial charge in [-0.05, 0) is 30.5 Å². The molecule has 0 saturated carbocycles. The Morgan fingerprint density at radius 3 is 2.48 bits per heavy atom. The molecule has 0 unspecified atom stereocenters. The molecule has 2 N–H and O–H groups in total. The van der Waals surface area contributed by atoms with Crippen molar-refractivity contribution in [1.82, 2.24) is 10.6 Å². The molecular weight excluding hydrogens is 359 g/mol. The Kier molecular flexibility index (Phi) is 8.91. The van der Waals surface area contributed by atoms with Crippen molar-refractivity contribution < 1.29 is 33.0 Å². The monoisotopic (exact) mass is 382 g/mol. The zero-order valence-electron chi connectivity index (χ0n) is 15.4. The van der Waals surface area contributed by atoms with Crippen molar-refractivity contribution in [3.8, 4) is 0 Å². The van der Waals surface area contributed by atoms with Crippen molar-refractivity contribution in [3.05, 3.63) is 35.6 Å². The van der Waals surface area contributed by atoms with Gasteiger partial charge in [0.15, 0.2) is 6.61 Å². The summed E-state index contributed by atoms with van der Waals surface area (Å²) in [6.45, 7) is 2.65. The highest BCUT2D eigenvalue weighted by Gasteiger charge is 2.23. The number of hydrogen-bond acceptors (Lipinski definition) is 6. The van der Waals surface area contributed by atoms with Crippen LogP contribution in [0, 0.1) is 11.7 Å². The number of amides is 2. The summed E-state index contributed by atoms with van der Waals surface area (Å²) in [5.41, 5.74) is 0.0511. The standard InChI is InChI=1S/C18H23FN2O6/c1-11(2)7-14(18(25)26-3)21-15(22)10-27-16(23)9-20-17(24)12-5-4-6-13(19)8-12/h4-6,8,11,14H,7,9-10H2,1-3H3,(H,20,24)(H,21,22)/t14-/m1/s1. The summed E-state index contributed by atoms with van der Waals surface area (Å²) in [4.78, 5) is 46.9. The molecule has 0 aliphatic heterocycles. The lowest BCUT2D eigenvalue weighted by Gasteiger charge is -2.18. The zero-order valence-corrected chi connectivity index (χ0v) is 15.4. The molecule has 0 spiro atoms. The SMILES string of the molecule is COC(=O)[C@@H](CC(C)C)NC(=O)COC(=O)CNC(=O)c1cccc(F)c1. The van der Waals surface area contributed by atoms with Crippen molar-refractivity contribution in [1.29, 1.82) is 0 Å². The van der Waals surface area contributed by atoms with Crippen LogP contribution in [-0.2, 0) is 23.9 Å². The quantitative estimate of drug-likeness (QED) is 0.612. The van der Waals surface area contributed by atoms with Crippen LogP contribution in [0.3, 0.4) is 0 Å². The smallest absolute Gasteiger partial charge is 0.328 e. The van der Waals surface area contributed by atoms with E-state index < -0.39 is 48.8 Å².